The minimum Gasteiger partial charge on any atom is -0.358 e. The molecule has 0 aliphatic heterocycles. The van der Waals surface area contributed by atoms with Crippen LogP contribution in [0.3, 0.4) is 0 Å². The van der Waals surface area contributed by atoms with Crippen molar-refractivity contribution in [3.8, 4) is 0 Å². The van der Waals surface area contributed by atoms with Gasteiger partial charge in [0.1, 0.15) is 0 Å². The van der Waals surface area contributed by atoms with Gasteiger partial charge in [0.2, 0.25) is 0 Å². The van der Waals surface area contributed by atoms with Crippen LogP contribution in [0.25, 0.3) is 10.9 Å². The molecule has 1 N–H and O–H groups in total. The number of hydrogen-bond donors (Lipinski definition) is 1. The van der Waals surface area contributed by atoms with E-state index in [1.165, 1.54) is 25.0 Å². The molecule has 0 spiro atoms. The molecular formula is C14H12Cl2FNO. The molecule has 0 bridgehead atoms. The Hall–Kier alpha value is -1.06. The van der Waals surface area contributed by atoms with E-state index in [9.17, 15) is 9.18 Å². The summed E-state index contributed by atoms with van der Waals surface area (Å²) in [4.78, 5) is 15.3. The molecule has 5 heteroatoms. The van der Waals surface area contributed by atoms with Crippen LogP contribution in [0.5, 0.6) is 0 Å². The van der Waals surface area contributed by atoms with Crippen molar-refractivity contribution >= 4 is 34.1 Å². The first-order chi connectivity index (χ1) is 9.08. The number of aromatic nitrogens is 1. The summed E-state index contributed by atoms with van der Waals surface area (Å²) >= 11 is 11.6. The Morgan fingerprint density at radius 3 is 2.58 bits per heavy atom. The van der Waals surface area contributed by atoms with Gasteiger partial charge in [0.25, 0.3) is 0 Å². The Morgan fingerprint density at radius 1 is 1.21 bits per heavy atom. The molecule has 1 fully saturated rings. The maximum absolute atomic E-state index is 13.6. The minimum atomic E-state index is -0.741. The Kier molecular flexibility index (Phi) is 3.27. The van der Waals surface area contributed by atoms with E-state index in [2.05, 4.69) is 4.98 Å². The van der Waals surface area contributed by atoms with Gasteiger partial charge in [-0.3, -0.25) is 4.79 Å². The third-order valence-electron chi connectivity index (χ3n) is 3.77. The molecule has 1 aromatic carbocycles. The standard InChI is InChI=1S/C14H12Cl2FNO/c15-8-5-10-12(13(16)14(8)17)11(19)6-9(18-10)7-3-1-2-4-7/h5-7H,1-4H2,(H,18,19). The molecule has 1 aromatic heterocycles. The summed E-state index contributed by atoms with van der Waals surface area (Å²) in [5.41, 5.74) is 1.15. The summed E-state index contributed by atoms with van der Waals surface area (Å²) in [7, 11) is 0. The second kappa shape index (κ2) is 4.80. The van der Waals surface area contributed by atoms with Crippen LogP contribution < -0.4 is 5.43 Å². The molecule has 0 radical (unpaired) electrons. The average molecular weight is 300 g/mol. The predicted octanol–water partition coefficient (Wildman–Crippen LogP) is 4.63. The topological polar surface area (TPSA) is 32.9 Å². The first kappa shape index (κ1) is 12.9. The SMILES string of the molecule is O=c1cc(C2CCCC2)[nH]c2cc(Cl)c(F)c(Cl)c12. The Bertz CT molecular complexity index is 705. The number of hydrogen-bond acceptors (Lipinski definition) is 1. The quantitative estimate of drug-likeness (QED) is 0.765. The Labute approximate surface area is 119 Å². The number of pyridine rings is 1. The van der Waals surface area contributed by atoms with Crippen LogP contribution in [-0.4, -0.2) is 4.98 Å². The molecule has 1 saturated carbocycles. The number of nitrogens with one attached hydrogen (secondary N) is 1. The van der Waals surface area contributed by atoms with Crippen molar-refractivity contribution in [3.63, 3.8) is 0 Å². The van der Waals surface area contributed by atoms with Crippen LogP contribution in [0, 0.1) is 5.82 Å². The van der Waals surface area contributed by atoms with Crippen molar-refractivity contribution in [2.45, 2.75) is 31.6 Å². The highest BCUT2D eigenvalue weighted by molar-refractivity contribution is 6.38. The number of rotatable bonds is 1. The summed E-state index contributed by atoms with van der Waals surface area (Å²) in [5.74, 6) is -0.366. The fourth-order valence-electron chi connectivity index (χ4n) is 2.80. The van der Waals surface area contributed by atoms with Crippen LogP contribution in [0.4, 0.5) is 4.39 Å². The zero-order valence-electron chi connectivity index (χ0n) is 10.1. The summed E-state index contributed by atoms with van der Waals surface area (Å²) in [6, 6.07) is 2.97. The summed E-state index contributed by atoms with van der Waals surface area (Å²) in [5, 5.41) is -0.108. The second-order valence-corrected chi connectivity index (χ2v) is 5.76. The molecule has 1 aliphatic rings. The lowest BCUT2D eigenvalue weighted by Crippen LogP contribution is -2.08. The van der Waals surface area contributed by atoms with E-state index in [1.54, 1.807) is 0 Å². The van der Waals surface area contributed by atoms with Gasteiger partial charge in [-0.15, -0.1) is 0 Å². The van der Waals surface area contributed by atoms with Crippen molar-refractivity contribution in [2.75, 3.05) is 0 Å². The number of H-pyrrole nitrogens is 1. The van der Waals surface area contributed by atoms with Crippen molar-refractivity contribution in [2.24, 2.45) is 0 Å². The van der Waals surface area contributed by atoms with Gasteiger partial charge in [0, 0.05) is 11.8 Å². The maximum Gasteiger partial charge on any atom is 0.191 e. The molecule has 2 aromatic rings. The fraction of sp³-hybridized carbons (Fsp3) is 0.357. The van der Waals surface area contributed by atoms with E-state index in [0.29, 0.717) is 11.4 Å². The Morgan fingerprint density at radius 2 is 1.89 bits per heavy atom. The molecule has 0 atom stereocenters. The zero-order valence-corrected chi connectivity index (χ0v) is 11.6. The summed E-state index contributed by atoms with van der Waals surface area (Å²) in [6.45, 7) is 0. The zero-order chi connectivity index (χ0) is 13.6. The maximum atomic E-state index is 13.6. The average Bonchev–Trinajstić information content (AvgIpc) is 2.89. The van der Waals surface area contributed by atoms with Gasteiger partial charge in [-0.05, 0) is 24.8 Å². The first-order valence-electron chi connectivity index (χ1n) is 6.28. The van der Waals surface area contributed by atoms with Crippen molar-refractivity contribution in [1.82, 2.24) is 4.98 Å². The number of halogens is 3. The molecule has 2 nitrogen and oxygen atoms in total. The fourth-order valence-corrected chi connectivity index (χ4v) is 3.34. The van der Waals surface area contributed by atoms with E-state index in [0.717, 1.165) is 18.5 Å². The van der Waals surface area contributed by atoms with Crippen LogP contribution in [0.2, 0.25) is 10.0 Å². The molecule has 0 saturated heterocycles. The van der Waals surface area contributed by atoms with Crippen LogP contribution in [-0.2, 0) is 0 Å². The lowest BCUT2D eigenvalue weighted by molar-refractivity contribution is 0.630. The summed E-state index contributed by atoms with van der Waals surface area (Å²) in [6.07, 6.45) is 4.50. The lowest BCUT2D eigenvalue weighted by Gasteiger charge is -2.11. The van der Waals surface area contributed by atoms with Crippen LogP contribution >= 0.6 is 23.2 Å². The highest BCUT2D eigenvalue weighted by atomic mass is 35.5. The van der Waals surface area contributed by atoms with Crippen molar-refractivity contribution < 1.29 is 4.39 Å². The lowest BCUT2D eigenvalue weighted by atomic mass is 10.0. The third kappa shape index (κ3) is 2.15. The van der Waals surface area contributed by atoms with E-state index < -0.39 is 5.82 Å². The predicted molar refractivity (Wildman–Crippen MR) is 75.8 cm³/mol. The highest BCUT2D eigenvalue weighted by Crippen LogP contribution is 2.34. The van der Waals surface area contributed by atoms with Gasteiger partial charge in [-0.1, -0.05) is 36.0 Å². The minimum absolute atomic E-state index is 0.0725. The monoisotopic (exact) mass is 299 g/mol. The smallest absolute Gasteiger partial charge is 0.191 e. The molecule has 1 heterocycles. The van der Waals surface area contributed by atoms with E-state index in [1.807, 2.05) is 0 Å². The number of aromatic amines is 1. The number of fused-ring (bicyclic) bond motifs is 1. The third-order valence-corrected chi connectivity index (χ3v) is 4.40. The second-order valence-electron chi connectivity index (χ2n) is 4.98. The van der Waals surface area contributed by atoms with Gasteiger partial charge in [-0.2, -0.15) is 0 Å². The van der Waals surface area contributed by atoms with Gasteiger partial charge >= 0.3 is 0 Å². The van der Waals surface area contributed by atoms with Gasteiger partial charge in [-0.25, -0.2) is 4.39 Å². The Balaban J connectivity index is 2.26. The van der Waals surface area contributed by atoms with Gasteiger partial charge in [0.05, 0.1) is 20.9 Å². The van der Waals surface area contributed by atoms with Crippen molar-refractivity contribution in [3.05, 3.63) is 43.9 Å². The molecule has 3 rings (SSSR count). The van der Waals surface area contributed by atoms with E-state index in [-0.39, 0.29) is 20.9 Å². The van der Waals surface area contributed by atoms with Crippen LogP contribution in [0.1, 0.15) is 37.3 Å². The molecule has 0 amide bonds. The van der Waals surface area contributed by atoms with E-state index in [4.69, 9.17) is 23.2 Å². The van der Waals surface area contributed by atoms with Crippen LogP contribution in [0.15, 0.2) is 16.9 Å². The van der Waals surface area contributed by atoms with Crippen molar-refractivity contribution in [1.29, 1.82) is 0 Å². The van der Waals surface area contributed by atoms with Gasteiger partial charge < -0.3 is 4.98 Å². The molecule has 1 aliphatic carbocycles. The number of benzene rings is 1. The summed E-state index contributed by atoms with van der Waals surface area (Å²) < 4.78 is 13.6. The molecule has 19 heavy (non-hydrogen) atoms. The van der Waals surface area contributed by atoms with E-state index >= 15 is 0 Å². The molecule has 0 unspecified atom stereocenters. The normalized spacial score (nSPS) is 16.4. The molecular weight excluding hydrogens is 288 g/mol. The van der Waals surface area contributed by atoms with Gasteiger partial charge in [0.15, 0.2) is 11.2 Å². The first-order valence-corrected chi connectivity index (χ1v) is 7.04. The molecule has 100 valence electrons. The highest BCUT2D eigenvalue weighted by Gasteiger charge is 2.20. The largest absolute Gasteiger partial charge is 0.358 e.